The van der Waals surface area contributed by atoms with E-state index in [0.717, 1.165) is 5.69 Å². The van der Waals surface area contributed by atoms with E-state index in [1.165, 1.54) is 18.5 Å². The SMILES string of the molecule is CC(=O)c1snc2c(C)nc(Br)nc12. The predicted molar refractivity (Wildman–Crippen MR) is 57.7 cm³/mol. The smallest absolute Gasteiger partial charge is 0.197 e. The molecule has 2 rings (SSSR count). The molecule has 6 heteroatoms. The van der Waals surface area contributed by atoms with Crippen LogP contribution in [0.3, 0.4) is 0 Å². The van der Waals surface area contributed by atoms with Gasteiger partial charge in [0.05, 0.1) is 5.69 Å². The summed E-state index contributed by atoms with van der Waals surface area (Å²) < 4.78 is 4.65. The first-order valence-electron chi connectivity index (χ1n) is 3.90. The lowest BCUT2D eigenvalue weighted by molar-refractivity contribution is 0.102. The normalized spacial score (nSPS) is 10.8. The number of ketones is 1. The number of hydrogen-bond acceptors (Lipinski definition) is 5. The predicted octanol–water partition coefficient (Wildman–Crippen LogP) is 2.36. The maximum atomic E-state index is 11.2. The number of carbonyl (C=O) groups is 1. The highest BCUT2D eigenvalue weighted by molar-refractivity contribution is 9.10. The molecule has 0 unspecified atom stereocenters. The van der Waals surface area contributed by atoms with E-state index in [0.29, 0.717) is 20.6 Å². The Bertz CT molecular complexity index is 523. The number of fused-ring (bicyclic) bond motifs is 1. The van der Waals surface area contributed by atoms with Crippen LogP contribution in [0.1, 0.15) is 22.3 Å². The van der Waals surface area contributed by atoms with E-state index in [1.807, 2.05) is 6.92 Å². The molecule has 0 saturated heterocycles. The minimum atomic E-state index is -0.0116. The molecule has 0 radical (unpaired) electrons. The van der Waals surface area contributed by atoms with Crippen LogP contribution in [0, 0.1) is 6.92 Å². The number of rotatable bonds is 1. The van der Waals surface area contributed by atoms with Gasteiger partial charge in [-0.1, -0.05) is 0 Å². The fourth-order valence-corrected chi connectivity index (χ4v) is 2.37. The summed E-state index contributed by atoms with van der Waals surface area (Å²) >= 11 is 4.37. The first-order chi connectivity index (χ1) is 6.59. The van der Waals surface area contributed by atoms with Crippen LogP contribution < -0.4 is 0 Å². The average molecular weight is 272 g/mol. The second-order valence-electron chi connectivity index (χ2n) is 2.84. The zero-order valence-electron chi connectivity index (χ0n) is 7.54. The standard InChI is InChI=1S/C8H6BrN3OS/c1-3-5-6(11-8(9)10-3)7(4(2)13)14-12-5/h1-2H3. The summed E-state index contributed by atoms with van der Waals surface area (Å²) in [4.78, 5) is 20.1. The van der Waals surface area contributed by atoms with Crippen molar-refractivity contribution in [1.29, 1.82) is 0 Å². The molecule has 2 heterocycles. The average Bonchev–Trinajstić information content (AvgIpc) is 2.47. The van der Waals surface area contributed by atoms with Gasteiger partial charge in [0.25, 0.3) is 0 Å². The third kappa shape index (κ3) is 1.44. The Balaban J connectivity index is 2.85. The number of nitrogens with zero attached hydrogens (tertiary/aromatic N) is 3. The van der Waals surface area contributed by atoms with Crippen LogP contribution in [0.25, 0.3) is 11.0 Å². The van der Waals surface area contributed by atoms with Crippen LogP contribution in [-0.2, 0) is 0 Å². The first kappa shape index (κ1) is 9.67. The van der Waals surface area contributed by atoms with E-state index in [-0.39, 0.29) is 5.78 Å². The van der Waals surface area contributed by atoms with Gasteiger partial charge in [-0.05, 0) is 34.4 Å². The van der Waals surface area contributed by atoms with Crippen molar-refractivity contribution >= 4 is 44.3 Å². The summed E-state index contributed by atoms with van der Waals surface area (Å²) in [6.45, 7) is 3.36. The second-order valence-corrected chi connectivity index (χ2v) is 4.33. The Hall–Kier alpha value is -0.880. The van der Waals surface area contributed by atoms with Crippen LogP contribution in [0.2, 0.25) is 0 Å². The van der Waals surface area contributed by atoms with Gasteiger partial charge in [-0.3, -0.25) is 4.79 Å². The van der Waals surface area contributed by atoms with Crippen LogP contribution in [0.5, 0.6) is 0 Å². The van der Waals surface area contributed by atoms with Crippen LogP contribution in [0.15, 0.2) is 4.73 Å². The molecule has 72 valence electrons. The molecule has 0 aliphatic carbocycles. The van der Waals surface area contributed by atoms with E-state index in [4.69, 9.17) is 0 Å². The summed E-state index contributed by atoms with van der Waals surface area (Å²) in [5.74, 6) is -0.0116. The molecule has 0 saturated carbocycles. The third-order valence-electron chi connectivity index (χ3n) is 1.79. The molecule has 2 aromatic heterocycles. The van der Waals surface area contributed by atoms with Crippen molar-refractivity contribution in [1.82, 2.24) is 14.3 Å². The van der Waals surface area contributed by atoms with E-state index < -0.39 is 0 Å². The number of carbonyl (C=O) groups excluding carboxylic acids is 1. The topological polar surface area (TPSA) is 55.7 Å². The molecule has 4 nitrogen and oxygen atoms in total. The molecule has 0 spiro atoms. The maximum Gasteiger partial charge on any atom is 0.197 e. The minimum absolute atomic E-state index is 0.0116. The Kier molecular flexibility index (Phi) is 2.32. The molecule has 0 N–H and O–H groups in total. The number of halogens is 1. The molecular weight excluding hydrogens is 266 g/mol. The highest BCUT2D eigenvalue weighted by Crippen LogP contribution is 2.23. The molecule has 2 aromatic rings. The fourth-order valence-electron chi connectivity index (χ4n) is 1.17. The quantitative estimate of drug-likeness (QED) is 0.590. The number of aryl methyl sites for hydroxylation is 1. The van der Waals surface area contributed by atoms with Gasteiger partial charge in [0.15, 0.2) is 10.5 Å². The van der Waals surface area contributed by atoms with Crippen molar-refractivity contribution in [3.8, 4) is 0 Å². The van der Waals surface area contributed by atoms with Gasteiger partial charge in [-0.25, -0.2) is 9.97 Å². The van der Waals surface area contributed by atoms with Crippen molar-refractivity contribution in [3.63, 3.8) is 0 Å². The highest BCUT2D eigenvalue weighted by atomic mass is 79.9. The Labute approximate surface area is 92.7 Å². The molecule has 0 aromatic carbocycles. The number of hydrogen-bond donors (Lipinski definition) is 0. The molecular formula is C8H6BrN3OS. The van der Waals surface area contributed by atoms with Crippen LogP contribution in [-0.4, -0.2) is 20.1 Å². The van der Waals surface area contributed by atoms with Crippen molar-refractivity contribution in [3.05, 3.63) is 15.3 Å². The summed E-state index contributed by atoms with van der Waals surface area (Å²) in [6, 6.07) is 0. The van der Waals surface area contributed by atoms with Crippen LogP contribution in [0.4, 0.5) is 0 Å². The minimum Gasteiger partial charge on any atom is -0.293 e. The maximum absolute atomic E-state index is 11.2. The van der Waals surface area contributed by atoms with E-state index in [9.17, 15) is 4.79 Å². The lowest BCUT2D eigenvalue weighted by atomic mass is 10.3. The molecule has 0 aliphatic rings. The van der Waals surface area contributed by atoms with Gasteiger partial charge in [0.2, 0.25) is 0 Å². The fraction of sp³-hybridized carbons (Fsp3) is 0.250. The highest BCUT2D eigenvalue weighted by Gasteiger charge is 2.14. The zero-order valence-corrected chi connectivity index (χ0v) is 9.94. The van der Waals surface area contributed by atoms with Gasteiger partial charge in [-0.15, -0.1) is 0 Å². The monoisotopic (exact) mass is 271 g/mol. The number of aromatic nitrogens is 3. The van der Waals surface area contributed by atoms with Gasteiger partial charge < -0.3 is 0 Å². The summed E-state index contributed by atoms with van der Waals surface area (Å²) in [6.07, 6.45) is 0. The molecule has 0 atom stereocenters. The molecule has 0 bridgehead atoms. The largest absolute Gasteiger partial charge is 0.293 e. The molecule has 0 amide bonds. The van der Waals surface area contributed by atoms with E-state index in [1.54, 1.807) is 0 Å². The first-order valence-corrected chi connectivity index (χ1v) is 5.46. The number of Topliss-reactive ketones (excluding diaryl/α,β-unsaturated/α-hetero) is 1. The van der Waals surface area contributed by atoms with Crippen LogP contribution >= 0.6 is 27.5 Å². The molecule has 14 heavy (non-hydrogen) atoms. The zero-order chi connectivity index (χ0) is 10.3. The second kappa shape index (κ2) is 3.36. The Morgan fingerprint density at radius 3 is 2.71 bits per heavy atom. The van der Waals surface area contributed by atoms with E-state index in [2.05, 4.69) is 30.3 Å². The van der Waals surface area contributed by atoms with Crippen molar-refractivity contribution < 1.29 is 4.79 Å². The van der Waals surface area contributed by atoms with Gasteiger partial charge in [-0.2, -0.15) is 4.37 Å². The van der Waals surface area contributed by atoms with Crippen molar-refractivity contribution in [2.24, 2.45) is 0 Å². The third-order valence-corrected chi connectivity index (χ3v) is 3.09. The van der Waals surface area contributed by atoms with Crippen molar-refractivity contribution in [2.75, 3.05) is 0 Å². The summed E-state index contributed by atoms with van der Waals surface area (Å²) in [5, 5.41) is 0. The van der Waals surface area contributed by atoms with E-state index >= 15 is 0 Å². The lowest BCUT2D eigenvalue weighted by Crippen LogP contribution is -1.93. The Morgan fingerprint density at radius 2 is 2.07 bits per heavy atom. The molecule has 0 fully saturated rings. The lowest BCUT2D eigenvalue weighted by Gasteiger charge is -1.95. The Morgan fingerprint density at radius 1 is 1.36 bits per heavy atom. The van der Waals surface area contributed by atoms with Gasteiger partial charge in [0, 0.05) is 6.92 Å². The summed E-state index contributed by atoms with van der Waals surface area (Å²) in [5.41, 5.74) is 2.14. The van der Waals surface area contributed by atoms with Gasteiger partial charge >= 0.3 is 0 Å². The molecule has 0 aliphatic heterocycles. The summed E-state index contributed by atoms with van der Waals surface area (Å²) in [7, 11) is 0. The van der Waals surface area contributed by atoms with Gasteiger partial charge in [0.1, 0.15) is 15.9 Å². The van der Waals surface area contributed by atoms with Crippen molar-refractivity contribution in [2.45, 2.75) is 13.8 Å².